The van der Waals surface area contributed by atoms with E-state index < -0.39 is 22.7 Å². The number of halogens is 5. The van der Waals surface area contributed by atoms with Gasteiger partial charge in [-0.1, -0.05) is 23.2 Å². The molecule has 0 aliphatic heterocycles. The van der Waals surface area contributed by atoms with Crippen molar-refractivity contribution in [1.29, 1.82) is 0 Å². The molecule has 2 nitrogen and oxygen atoms in total. The van der Waals surface area contributed by atoms with Crippen molar-refractivity contribution in [2.24, 2.45) is 5.92 Å². The van der Waals surface area contributed by atoms with Gasteiger partial charge in [-0.05, 0) is 18.9 Å². The molecule has 1 fully saturated rings. The van der Waals surface area contributed by atoms with E-state index in [1.54, 1.807) is 0 Å². The zero-order valence-corrected chi connectivity index (χ0v) is 10.4. The first kappa shape index (κ1) is 13.5. The molecule has 0 unspecified atom stereocenters. The highest BCUT2D eigenvalue weighted by Crippen LogP contribution is 2.41. The molecule has 0 bridgehead atoms. The van der Waals surface area contributed by atoms with Crippen molar-refractivity contribution in [1.82, 2.24) is 0 Å². The van der Waals surface area contributed by atoms with Crippen LogP contribution in [0.4, 0.5) is 13.2 Å². The fourth-order valence-corrected chi connectivity index (χ4v) is 1.77. The number of hydrogen-bond donors (Lipinski definition) is 0. The number of alkyl halides is 3. The van der Waals surface area contributed by atoms with Gasteiger partial charge in [0.15, 0.2) is 0 Å². The molecule has 0 radical (unpaired) electrons. The molecule has 1 aliphatic rings. The second kappa shape index (κ2) is 4.63. The summed E-state index contributed by atoms with van der Waals surface area (Å²) < 4.78 is 42.7. The average Bonchev–Trinajstić information content (AvgIpc) is 3.04. The fraction of sp³-hybridized carbons (Fsp3) is 0.364. The SMILES string of the molecule is O=C(Oc1cc(Cl)c(Cl)c(C(F)(F)F)c1)C1CC1. The molecule has 98 valence electrons. The first-order valence-corrected chi connectivity index (χ1v) is 5.82. The Morgan fingerprint density at radius 2 is 1.89 bits per heavy atom. The van der Waals surface area contributed by atoms with Crippen LogP contribution >= 0.6 is 23.2 Å². The maximum absolute atomic E-state index is 12.6. The van der Waals surface area contributed by atoms with Gasteiger partial charge in [-0.15, -0.1) is 0 Å². The van der Waals surface area contributed by atoms with E-state index in [9.17, 15) is 18.0 Å². The smallest absolute Gasteiger partial charge is 0.418 e. The van der Waals surface area contributed by atoms with Crippen molar-refractivity contribution in [2.75, 3.05) is 0 Å². The minimum Gasteiger partial charge on any atom is -0.426 e. The summed E-state index contributed by atoms with van der Waals surface area (Å²) >= 11 is 11.0. The number of carbonyl (C=O) groups excluding carboxylic acids is 1. The summed E-state index contributed by atoms with van der Waals surface area (Å²) in [5.74, 6) is -0.996. The highest BCUT2D eigenvalue weighted by Gasteiger charge is 2.36. The van der Waals surface area contributed by atoms with Gasteiger partial charge in [0.2, 0.25) is 0 Å². The Labute approximate surface area is 111 Å². The Balaban J connectivity index is 2.31. The Morgan fingerprint density at radius 1 is 1.28 bits per heavy atom. The van der Waals surface area contributed by atoms with E-state index in [1.807, 2.05) is 0 Å². The third-order valence-electron chi connectivity index (χ3n) is 2.44. The van der Waals surface area contributed by atoms with Crippen LogP contribution in [-0.4, -0.2) is 5.97 Å². The lowest BCUT2D eigenvalue weighted by Crippen LogP contribution is -2.12. The molecule has 7 heteroatoms. The minimum absolute atomic E-state index is 0.214. The van der Waals surface area contributed by atoms with Crippen molar-refractivity contribution < 1.29 is 22.7 Å². The molecule has 1 aromatic carbocycles. The van der Waals surface area contributed by atoms with Gasteiger partial charge in [0, 0.05) is 6.07 Å². The quantitative estimate of drug-likeness (QED) is 0.600. The standard InChI is InChI=1S/C11H7Cl2F3O2/c12-8-4-6(18-10(17)5-1-2-5)3-7(9(8)13)11(14,15)16/h3-5H,1-2H2. The highest BCUT2D eigenvalue weighted by molar-refractivity contribution is 6.42. The Bertz CT molecular complexity index is 496. The second-order valence-corrected chi connectivity index (χ2v) is 4.74. The largest absolute Gasteiger partial charge is 0.426 e. The lowest BCUT2D eigenvalue weighted by Gasteiger charge is -2.12. The summed E-state index contributed by atoms with van der Waals surface area (Å²) in [6.07, 6.45) is -3.25. The number of rotatable bonds is 2. The minimum atomic E-state index is -4.65. The summed E-state index contributed by atoms with van der Waals surface area (Å²) in [5, 5.41) is -0.902. The van der Waals surface area contributed by atoms with Crippen LogP contribution in [0, 0.1) is 5.92 Å². The topological polar surface area (TPSA) is 26.3 Å². The predicted molar refractivity (Wildman–Crippen MR) is 59.8 cm³/mol. The zero-order valence-electron chi connectivity index (χ0n) is 8.85. The van der Waals surface area contributed by atoms with Gasteiger partial charge >= 0.3 is 12.1 Å². The van der Waals surface area contributed by atoms with Crippen molar-refractivity contribution in [3.63, 3.8) is 0 Å². The third kappa shape index (κ3) is 2.90. The van der Waals surface area contributed by atoms with Gasteiger partial charge in [-0.3, -0.25) is 4.79 Å². The van der Waals surface area contributed by atoms with Crippen LogP contribution in [0.5, 0.6) is 5.75 Å². The van der Waals surface area contributed by atoms with E-state index >= 15 is 0 Å². The van der Waals surface area contributed by atoms with Crippen molar-refractivity contribution >= 4 is 29.2 Å². The summed E-state index contributed by atoms with van der Waals surface area (Å²) in [7, 11) is 0. The predicted octanol–water partition coefficient (Wildman–Crippen LogP) is 4.33. The Kier molecular flexibility index (Phi) is 3.47. The number of benzene rings is 1. The molecule has 0 saturated heterocycles. The highest BCUT2D eigenvalue weighted by atomic mass is 35.5. The summed E-state index contributed by atoms with van der Waals surface area (Å²) in [5.41, 5.74) is -1.12. The summed E-state index contributed by atoms with van der Waals surface area (Å²) in [6.45, 7) is 0. The summed E-state index contributed by atoms with van der Waals surface area (Å²) in [6, 6.07) is 1.77. The van der Waals surface area contributed by atoms with E-state index in [0.717, 1.165) is 6.07 Å². The molecule has 0 atom stereocenters. The molecule has 0 N–H and O–H groups in total. The van der Waals surface area contributed by atoms with Crippen molar-refractivity contribution in [3.8, 4) is 5.75 Å². The molecule has 0 amide bonds. The van der Waals surface area contributed by atoms with Crippen molar-refractivity contribution in [2.45, 2.75) is 19.0 Å². The van der Waals surface area contributed by atoms with Crippen LogP contribution < -0.4 is 4.74 Å². The molecule has 0 heterocycles. The Morgan fingerprint density at radius 3 is 2.39 bits per heavy atom. The number of carbonyl (C=O) groups is 1. The van der Waals surface area contributed by atoms with E-state index in [2.05, 4.69) is 0 Å². The maximum atomic E-state index is 12.6. The van der Waals surface area contributed by atoms with Gasteiger partial charge in [0.1, 0.15) is 5.75 Å². The molecule has 1 aromatic rings. The molecule has 1 aliphatic carbocycles. The van der Waals surface area contributed by atoms with Crippen LogP contribution in [0.2, 0.25) is 10.0 Å². The van der Waals surface area contributed by atoms with E-state index in [4.69, 9.17) is 27.9 Å². The monoisotopic (exact) mass is 298 g/mol. The molecule has 2 rings (SSSR count). The first-order chi connectivity index (χ1) is 8.29. The Hall–Kier alpha value is -0.940. The van der Waals surface area contributed by atoms with Gasteiger partial charge in [0.05, 0.1) is 21.5 Å². The second-order valence-electron chi connectivity index (χ2n) is 3.96. The van der Waals surface area contributed by atoms with Crippen LogP contribution in [0.25, 0.3) is 0 Å². The molecular weight excluding hydrogens is 292 g/mol. The van der Waals surface area contributed by atoms with E-state index in [-0.39, 0.29) is 16.7 Å². The number of esters is 1. The van der Waals surface area contributed by atoms with Gasteiger partial charge < -0.3 is 4.74 Å². The maximum Gasteiger partial charge on any atom is 0.418 e. The zero-order chi connectivity index (χ0) is 13.5. The first-order valence-electron chi connectivity index (χ1n) is 5.07. The molecule has 0 aromatic heterocycles. The van der Waals surface area contributed by atoms with E-state index in [0.29, 0.717) is 18.9 Å². The normalized spacial score (nSPS) is 15.6. The third-order valence-corrected chi connectivity index (χ3v) is 3.24. The number of hydrogen-bond acceptors (Lipinski definition) is 2. The molecular formula is C11H7Cl2F3O2. The van der Waals surface area contributed by atoms with E-state index in [1.165, 1.54) is 0 Å². The fourth-order valence-electron chi connectivity index (χ4n) is 1.35. The lowest BCUT2D eigenvalue weighted by atomic mass is 10.2. The van der Waals surface area contributed by atoms with Crippen LogP contribution in [0.3, 0.4) is 0 Å². The number of ether oxygens (including phenoxy) is 1. The molecule has 18 heavy (non-hydrogen) atoms. The van der Waals surface area contributed by atoms with Crippen LogP contribution in [0.15, 0.2) is 12.1 Å². The van der Waals surface area contributed by atoms with Crippen LogP contribution in [-0.2, 0) is 11.0 Å². The molecule has 1 saturated carbocycles. The van der Waals surface area contributed by atoms with Gasteiger partial charge in [-0.25, -0.2) is 0 Å². The van der Waals surface area contributed by atoms with Crippen LogP contribution in [0.1, 0.15) is 18.4 Å². The lowest BCUT2D eigenvalue weighted by molar-refractivity contribution is -0.139. The van der Waals surface area contributed by atoms with Gasteiger partial charge in [0.25, 0.3) is 0 Å². The summed E-state index contributed by atoms with van der Waals surface area (Å²) in [4.78, 5) is 11.4. The van der Waals surface area contributed by atoms with Crippen molar-refractivity contribution in [3.05, 3.63) is 27.7 Å². The average molecular weight is 299 g/mol. The van der Waals surface area contributed by atoms with Gasteiger partial charge in [-0.2, -0.15) is 13.2 Å². The molecule has 0 spiro atoms.